The van der Waals surface area contributed by atoms with E-state index in [-0.39, 0.29) is 64.5 Å². The summed E-state index contributed by atoms with van der Waals surface area (Å²) >= 11 is 1.91. The number of alkyl halides is 7. The second-order valence-electron chi connectivity index (χ2n) is 25.3. The predicted molar refractivity (Wildman–Crippen MR) is 396 cm³/mol. The first-order valence-corrected chi connectivity index (χ1v) is 35.7. The van der Waals surface area contributed by atoms with Crippen LogP contribution in [0.1, 0.15) is 97.4 Å². The van der Waals surface area contributed by atoms with Gasteiger partial charge in [0, 0.05) is 116 Å². The summed E-state index contributed by atoms with van der Waals surface area (Å²) in [4.78, 5) is 71.5. The van der Waals surface area contributed by atoms with E-state index < -0.39 is 60.1 Å². The number of aromatic nitrogens is 10. The third kappa shape index (κ3) is 17.8. The number of ether oxygens (including phenoxy) is 5. The molecule has 33 heteroatoms. The molecule has 6 aromatic heterocycles. The Hall–Kier alpha value is -10.6. The number of carbonyl (C=O) groups excluding carboxylic acids is 4. The van der Waals surface area contributed by atoms with Crippen molar-refractivity contribution in [3.8, 4) is 51.5 Å². The minimum Gasteiger partial charge on any atom is -0.492 e. The fraction of sp³-hybridized carbons (Fsp3) is 0.373. The molecule has 4 aromatic carbocycles. The van der Waals surface area contributed by atoms with Gasteiger partial charge in [0.15, 0.2) is 23.1 Å². The van der Waals surface area contributed by atoms with Crippen LogP contribution in [0.15, 0.2) is 97.8 Å². The number of anilines is 2. The van der Waals surface area contributed by atoms with Crippen molar-refractivity contribution in [2.24, 2.45) is 0 Å². The van der Waals surface area contributed by atoms with E-state index in [9.17, 15) is 45.5 Å². The zero-order valence-electron chi connectivity index (χ0n) is 61.4. The molecule has 0 unspecified atom stereocenters. The third-order valence-corrected chi connectivity index (χ3v) is 17.9. The lowest BCUT2D eigenvalue weighted by atomic mass is 9.97. The Labute approximate surface area is 630 Å². The summed E-state index contributed by atoms with van der Waals surface area (Å²) in [6.07, 6.45) is -1.20. The lowest BCUT2D eigenvalue weighted by Crippen LogP contribution is -2.31. The van der Waals surface area contributed by atoms with E-state index in [1.165, 1.54) is 50.2 Å². The first kappa shape index (κ1) is 81.5. The van der Waals surface area contributed by atoms with E-state index in [2.05, 4.69) is 33.8 Å². The highest BCUT2D eigenvalue weighted by Gasteiger charge is 2.37. The maximum Gasteiger partial charge on any atom is 0.421 e. The molecule has 0 bridgehead atoms. The average Bonchev–Trinajstić information content (AvgIpc) is 1.57. The zero-order chi connectivity index (χ0) is 78.6. The predicted octanol–water partition coefficient (Wildman–Crippen LogP) is 14.4. The van der Waals surface area contributed by atoms with Crippen molar-refractivity contribution in [2.75, 3.05) is 89.8 Å². The number of hydrogen-bond acceptors (Lipinski definition) is 20. The minimum atomic E-state index is -4.59. The van der Waals surface area contributed by atoms with Crippen molar-refractivity contribution in [2.45, 2.75) is 106 Å². The van der Waals surface area contributed by atoms with Crippen LogP contribution in [0.25, 0.3) is 55.7 Å². The summed E-state index contributed by atoms with van der Waals surface area (Å²) in [5.74, 6) is -1.93. The molecule has 0 saturated heterocycles. The number of benzene rings is 4. The van der Waals surface area contributed by atoms with Crippen molar-refractivity contribution in [1.29, 1.82) is 5.26 Å². The van der Waals surface area contributed by atoms with E-state index in [0.717, 1.165) is 74.2 Å². The first-order valence-electron chi connectivity index (χ1n) is 34.1. The van der Waals surface area contributed by atoms with Crippen LogP contribution < -0.4 is 19.3 Å². The Balaban J connectivity index is 0.000000223. The van der Waals surface area contributed by atoms with Crippen LogP contribution in [0.3, 0.4) is 0 Å². The fourth-order valence-electron chi connectivity index (χ4n) is 12.9. The molecule has 108 heavy (non-hydrogen) atoms. The lowest BCUT2D eigenvalue weighted by Gasteiger charge is -2.27. The topological polar surface area (TPSA) is 248 Å². The Bertz CT molecular complexity index is 4910. The number of likely N-dealkylation sites (N-methyl/N-ethyl adjacent to an activating group) is 2. The van der Waals surface area contributed by atoms with E-state index in [1.807, 2.05) is 96.5 Å². The van der Waals surface area contributed by atoms with Gasteiger partial charge in [-0.2, -0.15) is 41.8 Å². The molecule has 0 fully saturated rings. The molecule has 0 aliphatic carbocycles. The number of nitriles is 1. The molecule has 0 atom stereocenters. The van der Waals surface area contributed by atoms with Crippen molar-refractivity contribution in [1.82, 2.24) is 58.4 Å². The highest BCUT2D eigenvalue weighted by Crippen LogP contribution is 2.46. The molecule has 0 radical (unpaired) electrons. The summed E-state index contributed by atoms with van der Waals surface area (Å²) in [5, 5.41) is 18.4. The number of Topliss-reactive ketones (excluding diaryl/α,β-unsaturated/α-hetero) is 1. The molecule has 0 amide bonds. The van der Waals surface area contributed by atoms with Crippen molar-refractivity contribution >= 4 is 80.2 Å². The maximum atomic E-state index is 16.2. The highest BCUT2D eigenvalue weighted by atomic mass is 127. The third-order valence-electron chi connectivity index (χ3n) is 17.6. The van der Waals surface area contributed by atoms with E-state index in [4.69, 9.17) is 39.1 Å². The summed E-state index contributed by atoms with van der Waals surface area (Å²) < 4.78 is 144. The molecular weight excluding hydrogens is 1530 g/mol. The molecule has 0 saturated carbocycles. The van der Waals surface area contributed by atoms with Gasteiger partial charge in [-0.15, -0.1) is 0 Å². The molecule has 8 heterocycles. The Morgan fingerprint density at radius 1 is 0.583 bits per heavy atom. The average molecular weight is 1610 g/mol. The zero-order valence-corrected chi connectivity index (χ0v) is 63.6. The number of esters is 1. The molecule has 0 spiro atoms. The van der Waals surface area contributed by atoms with Crippen LogP contribution in [0.2, 0.25) is 0 Å². The molecule has 2 aliphatic rings. The Kier molecular flexibility index (Phi) is 26.7. The summed E-state index contributed by atoms with van der Waals surface area (Å²) in [7, 11) is 9.73. The minimum absolute atomic E-state index is 0.0201. The molecule has 2 aliphatic heterocycles. The number of nitrogens with zero attached hydrogens (tertiary/aromatic N) is 15. The van der Waals surface area contributed by atoms with Gasteiger partial charge < -0.3 is 38.4 Å². The fourth-order valence-corrected chi connectivity index (χ4v) is 13.2. The van der Waals surface area contributed by atoms with Gasteiger partial charge in [0.05, 0.1) is 78.7 Å². The van der Waals surface area contributed by atoms with Crippen LogP contribution >= 0.6 is 22.6 Å². The quantitative estimate of drug-likeness (QED) is 0.0240. The number of halogens is 9. The van der Waals surface area contributed by atoms with Crippen LogP contribution in [-0.4, -0.2) is 162 Å². The summed E-state index contributed by atoms with van der Waals surface area (Å²) in [6, 6.07) is 19.8. The lowest BCUT2D eigenvalue weighted by molar-refractivity contribution is -0.152. The van der Waals surface area contributed by atoms with Crippen LogP contribution in [-0.2, 0) is 87.8 Å². The standard InChI is InChI=1S/C36H37F4N7O5.C32H29F4IN6O3.C5H11NO.C2H3N/c1-6-21-9-8-10-22(7-2)30(21)47-31(26-18-45(13-12-28(26)43-47)34-41-16-23(17-42-34)36(38,39)40)25-15-27(37)33(50-5)32-24(25)11-14-46(32)35(49)52-20-51-29(48)19-44(3)4;1-4-18-7-6-8-19(5-2)26(18)43-27(22-13-24(33)29(45-3)28-21(22)9-12-42(28)31(44)46-17-37)23-16-41(11-10-25(23)40-43)30-38-14-20(15-39-30)32(34,35)36;1-5(7)4-6(2)3;1-2-3/h8-11,14-17H,6-7,12-13,18-20H2,1-5H3;6-9,12-15H,4-5,10-11,16-17H2,1-3H3;4H2,1-3H3;1H3. The number of methoxy groups -OCH3 is 2. The SMILES string of the molecule is CC#N.CC(=O)CN(C)C.CCc1cccc(CC)c1-n1nc2c(c1-c1cc(F)c(OC)c3c1ccn3C(=O)OCI)CN(c1ncc(C(F)(F)F)cn1)CC2.CCc1cccc(CC)c1-n1nc2c(c1-c1cc(F)c(OC)c3c1ccn3C(=O)OCOC(=O)CN(C)C)CN(c1ncc(C(F)(F)F)cn1)CC2. The molecule has 12 rings (SSSR count). The number of hydrogen-bond donors (Lipinski definition) is 0. The molecule has 0 N–H and O–H groups in total. The van der Waals surface area contributed by atoms with E-state index in [1.54, 1.807) is 58.6 Å². The monoisotopic (exact) mass is 1610 g/mol. The number of para-hydroxylation sites is 2. The van der Waals surface area contributed by atoms with Gasteiger partial charge in [-0.3, -0.25) is 14.5 Å². The highest BCUT2D eigenvalue weighted by molar-refractivity contribution is 14.1. The summed E-state index contributed by atoms with van der Waals surface area (Å²) in [5.41, 5.74) is 9.04. The van der Waals surface area contributed by atoms with E-state index in [0.29, 0.717) is 103 Å². The smallest absolute Gasteiger partial charge is 0.421 e. The maximum absolute atomic E-state index is 16.2. The van der Waals surface area contributed by atoms with E-state index >= 15 is 8.78 Å². The first-order chi connectivity index (χ1) is 51.5. The largest absolute Gasteiger partial charge is 0.492 e. The second kappa shape index (κ2) is 35.4. The van der Waals surface area contributed by atoms with Crippen molar-refractivity contribution in [3.63, 3.8) is 0 Å². The summed E-state index contributed by atoms with van der Waals surface area (Å²) in [6.45, 7) is 12.2. The van der Waals surface area contributed by atoms with Crippen LogP contribution in [0.5, 0.6) is 11.5 Å². The Morgan fingerprint density at radius 2 is 0.954 bits per heavy atom. The van der Waals surface area contributed by atoms with Crippen molar-refractivity contribution < 1.29 is 78.0 Å². The number of aryl methyl sites for hydroxylation is 4. The van der Waals surface area contributed by atoms with Gasteiger partial charge in [0.1, 0.15) is 21.4 Å². The molecule has 572 valence electrons. The van der Waals surface area contributed by atoms with Crippen molar-refractivity contribution in [3.05, 3.63) is 165 Å². The number of fused-ring (bicyclic) bond motifs is 4. The number of carbonyl (C=O) groups is 4. The number of rotatable bonds is 19. The molecule has 24 nitrogen and oxygen atoms in total. The number of ketones is 1. The molecule has 10 aromatic rings. The van der Waals surface area contributed by atoms with Crippen LogP contribution in [0.4, 0.5) is 56.6 Å². The van der Waals surface area contributed by atoms with Gasteiger partial charge in [-0.05, 0) is 130 Å². The van der Waals surface area contributed by atoms with Gasteiger partial charge in [0.25, 0.3) is 0 Å². The van der Waals surface area contributed by atoms with Gasteiger partial charge in [0.2, 0.25) is 18.7 Å². The van der Waals surface area contributed by atoms with Gasteiger partial charge >= 0.3 is 30.5 Å². The van der Waals surface area contributed by atoms with Crippen LogP contribution in [0, 0.1) is 23.0 Å². The Morgan fingerprint density at radius 3 is 1.27 bits per heavy atom. The molecular formula is C75H80F8IN15O9. The second-order valence-corrected chi connectivity index (χ2v) is 25.9. The normalized spacial score (nSPS) is 12.6. The van der Waals surface area contributed by atoms with Gasteiger partial charge in [-0.25, -0.2) is 56.8 Å². The van der Waals surface area contributed by atoms with Gasteiger partial charge in [-0.1, -0.05) is 64.1 Å².